The number of piperazine rings is 1. The minimum Gasteiger partial charge on any atom is -0.453 e. The van der Waals surface area contributed by atoms with E-state index in [1.165, 1.54) is 11.8 Å². The van der Waals surface area contributed by atoms with Crippen molar-refractivity contribution in [3.8, 4) is 11.6 Å². The Morgan fingerprint density at radius 1 is 1.18 bits per heavy atom. The van der Waals surface area contributed by atoms with Gasteiger partial charge in [0.2, 0.25) is 11.7 Å². The molecule has 8 heteroatoms. The van der Waals surface area contributed by atoms with Gasteiger partial charge in [-0.05, 0) is 33.0 Å². The number of hydrogen-bond acceptors (Lipinski definition) is 6. The molecule has 0 atom stereocenters. The van der Waals surface area contributed by atoms with Crippen molar-refractivity contribution in [2.45, 2.75) is 25.0 Å². The van der Waals surface area contributed by atoms with E-state index < -0.39 is 0 Å². The summed E-state index contributed by atoms with van der Waals surface area (Å²) in [4.78, 5) is 16.7. The smallest absolute Gasteiger partial charge is 0.233 e. The number of amides is 1. The van der Waals surface area contributed by atoms with E-state index >= 15 is 0 Å². The molecule has 2 aromatic heterocycles. The van der Waals surface area contributed by atoms with E-state index in [-0.39, 0.29) is 11.9 Å². The molecular formula is C20H25N5O2S. The van der Waals surface area contributed by atoms with Gasteiger partial charge in [-0.1, -0.05) is 30.0 Å². The van der Waals surface area contributed by atoms with Crippen molar-refractivity contribution < 1.29 is 9.21 Å². The maximum atomic E-state index is 12.6. The van der Waals surface area contributed by atoms with Crippen LogP contribution in [0, 0.1) is 0 Å². The summed E-state index contributed by atoms with van der Waals surface area (Å²) >= 11 is 1.44. The fourth-order valence-corrected chi connectivity index (χ4v) is 4.34. The second-order valence-corrected chi connectivity index (χ2v) is 8.33. The van der Waals surface area contributed by atoms with E-state index in [4.69, 9.17) is 4.42 Å². The normalized spacial score (nSPS) is 15.6. The molecule has 4 rings (SSSR count). The molecule has 7 nitrogen and oxygen atoms in total. The molecule has 0 bridgehead atoms. The zero-order valence-electron chi connectivity index (χ0n) is 16.5. The fraction of sp³-hybridized carbons (Fsp3) is 0.450. The second kappa shape index (κ2) is 7.97. The topological polar surface area (TPSA) is 67.4 Å². The van der Waals surface area contributed by atoms with Crippen LogP contribution in [-0.2, 0) is 4.79 Å². The van der Waals surface area contributed by atoms with Crippen molar-refractivity contribution in [1.29, 1.82) is 0 Å². The number of likely N-dealkylation sites (N-methyl/N-ethyl adjacent to an activating group) is 1. The van der Waals surface area contributed by atoms with E-state index in [1.807, 2.05) is 39.8 Å². The van der Waals surface area contributed by atoms with Crippen LogP contribution in [0.15, 0.2) is 39.9 Å². The molecule has 1 aliphatic heterocycles. The molecule has 0 N–H and O–H groups in total. The molecule has 0 aliphatic carbocycles. The highest BCUT2D eigenvalue weighted by molar-refractivity contribution is 7.99. The van der Waals surface area contributed by atoms with Crippen molar-refractivity contribution >= 4 is 28.6 Å². The predicted molar refractivity (Wildman–Crippen MR) is 110 cm³/mol. The number of furan rings is 1. The average Bonchev–Trinajstić information content (AvgIpc) is 3.30. The van der Waals surface area contributed by atoms with Gasteiger partial charge in [-0.3, -0.25) is 9.36 Å². The van der Waals surface area contributed by atoms with Crippen LogP contribution in [-0.4, -0.2) is 69.5 Å². The zero-order valence-corrected chi connectivity index (χ0v) is 17.3. The molecule has 0 saturated carbocycles. The Morgan fingerprint density at radius 2 is 1.93 bits per heavy atom. The first-order valence-electron chi connectivity index (χ1n) is 9.56. The van der Waals surface area contributed by atoms with Crippen LogP contribution in [0.4, 0.5) is 0 Å². The number of carbonyl (C=O) groups is 1. The molecular weight excluding hydrogens is 374 g/mol. The lowest BCUT2D eigenvalue weighted by Crippen LogP contribution is -2.47. The molecule has 0 radical (unpaired) electrons. The third-order valence-electron chi connectivity index (χ3n) is 5.01. The molecule has 1 saturated heterocycles. The van der Waals surface area contributed by atoms with Crippen LogP contribution in [0.2, 0.25) is 0 Å². The minimum atomic E-state index is 0.152. The third kappa shape index (κ3) is 3.79. The summed E-state index contributed by atoms with van der Waals surface area (Å²) in [5, 5.41) is 10.5. The predicted octanol–water partition coefficient (Wildman–Crippen LogP) is 3.14. The van der Waals surface area contributed by atoms with Gasteiger partial charge in [-0.2, -0.15) is 0 Å². The molecule has 1 aliphatic rings. The van der Waals surface area contributed by atoms with Gasteiger partial charge in [0.25, 0.3) is 0 Å². The monoisotopic (exact) mass is 399 g/mol. The largest absolute Gasteiger partial charge is 0.453 e. The lowest BCUT2D eigenvalue weighted by atomic mass is 10.2. The Morgan fingerprint density at radius 3 is 2.64 bits per heavy atom. The quantitative estimate of drug-likeness (QED) is 0.614. The SMILES string of the molecule is CC(C)n1c(SCC(=O)N2CCN(C)CC2)nnc1-c1cc2ccccc2o1. The number of rotatable bonds is 5. The number of benzene rings is 1. The maximum Gasteiger partial charge on any atom is 0.233 e. The minimum absolute atomic E-state index is 0.152. The van der Waals surface area contributed by atoms with Gasteiger partial charge in [0.1, 0.15) is 5.58 Å². The molecule has 3 heterocycles. The van der Waals surface area contributed by atoms with Crippen molar-refractivity contribution in [3.05, 3.63) is 30.3 Å². The van der Waals surface area contributed by atoms with Crippen LogP contribution in [0.3, 0.4) is 0 Å². The number of fused-ring (bicyclic) bond motifs is 1. The summed E-state index contributed by atoms with van der Waals surface area (Å²) in [6, 6.07) is 10.0. The Kier molecular flexibility index (Phi) is 5.41. The van der Waals surface area contributed by atoms with Gasteiger partial charge in [0.15, 0.2) is 10.9 Å². The lowest BCUT2D eigenvalue weighted by Gasteiger charge is -2.32. The number of thioether (sulfide) groups is 1. The van der Waals surface area contributed by atoms with E-state index in [1.54, 1.807) is 0 Å². The van der Waals surface area contributed by atoms with Crippen molar-refractivity contribution in [2.24, 2.45) is 0 Å². The number of nitrogens with zero attached hydrogens (tertiary/aromatic N) is 5. The number of para-hydroxylation sites is 1. The van der Waals surface area contributed by atoms with Crippen molar-refractivity contribution in [3.63, 3.8) is 0 Å². The number of aromatic nitrogens is 3. The third-order valence-corrected chi connectivity index (χ3v) is 5.94. The summed E-state index contributed by atoms with van der Waals surface area (Å²) in [5.74, 6) is 1.91. The van der Waals surface area contributed by atoms with E-state index in [9.17, 15) is 4.79 Å². The maximum absolute atomic E-state index is 12.6. The van der Waals surface area contributed by atoms with Crippen LogP contribution in [0.25, 0.3) is 22.6 Å². The first-order chi connectivity index (χ1) is 13.5. The standard InChI is InChI=1S/C20H25N5O2S/c1-14(2)25-19(17-12-15-6-4-5-7-16(15)27-17)21-22-20(25)28-13-18(26)24-10-8-23(3)9-11-24/h4-7,12,14H,8-11,13H2,1-3H3. The Hall–Kier alpha value is -2.32. The average molecular weight is 400 g/mol. The van der Waals surface area contributed by atoms with Gasteiger partial charge in [0, 0.05) is 37.6 Å². The summed E-state index contributed by atoms with van der Waals surface area (Å²) < 4.78 is 8.02. The van der Waals surface area contributed by atoms with Crippen LogP contribution < -0.4 is 0 Å². The Bertz CT molecular complexity index is 939. The van der Waals surface area contributed by atoms with Crippen molar-refractivity contribution in [2.75, 3.05) is 39.0 Å². The molecule has 1 aromatic carbocycles. The summed E-state index contributed by atoms with van der Waals surface area (Å²) in [6.07, 6.45) is 0. The van der Waals surface area contributed by atoms with Crippen molar-refractivity contribution in [1.82, 2.24) is 24.6 Å². The van der Waals surface area contributed by atoms with Crippen LogP contribution >= 0.6 is 11.8 Å². The lowest BCUT2D eigenvalue weighted by molar-refractivity contribution is -0.129. The highest BCUT2D eigenvalue weighted by Gasteiger charge is 2.23. The summed E-state index contributed by atoms with van der Waals surface area (Å²) in [7, 11) is 2.08. The molecule has 28 heavy (non-hydrogen) atoms. The van der Waals surface area contributed by atoms with E-state index in [2.05, 4.69) is 36.0 Å². The molecule has 148 valence electrons. The highest BCUT2D eigenvalue weighted by Crippen LogP contribution is 2.31. The number of carbonyl (C=O) groups excluding carboxylic acids is 1. The Balaban J connectivity index is 1.52. The summed E-state index contributed by atoms with van der Waals surface area (Å²) in [6.45, 7) is 7.60. The first kappa shape index (κ1) is 19.0. The highest BCUT2D eigenvalue weighted by atomic mass is 32.2. The van der Waals surface area contributed by atoms with Gasteiger partial charge in [-0.25, -0.2) is 0 Å². The van der Waals surface area contributed by atoms with Crippen LogP contribution in [0.5, 0.6) is 0 Å². The summed E-state index contributed by atoms with van der Waals surface area (Å²) in [5.41, 5.74) is 0.829. The molecule has 0 spiro atoms. The second-order valence-electron chi connectivity index (χ2n) is 7.39. The van der Waals surface area contributed by atoms with Gasteiger partial charge >= 0.3 is 0 Å². The van der Waals surface area contributed by atoms with Gasteiger partial charge < -0.3 is 14.2 Å². The fourth-order valence-electron chi connectivity index (χ4n) is 3.37. The van der Waals surface area contributed by atoms with Gasteiger partial charge in [0.05, 0.1) is 5.75 Å². The van der Waals surface area contributed by atoms with E-state index in [0.717, 1.165) is 42.3 Å². The molecule has 3 aromatic rings. The molecule has 0 unspecified atom stereocenters. The van der Waals surface area contributed by atoms with Crippen LogP contribution in [0.1, 0.15) is 19.9 Å². The molecule has 1 fully saturated rings. The Labute approximate surface area is 168 Å². The molecule has 1 amide bonds. The number of hydrogen-bond donors (Lipinski definition) is 0. The zero-order chi connectivity index (χ0) is 19.7. The van der Waals surface area contributed by atoms with Gasteiger partial charge in [-0.15, -0.1) is 10.2 Å². The van der Waals surface area contributed by atoms with E-state index in [0.29, 0.717) is 17.3 Å². The first-order valence-corrected chi connectivity index (χ1v) is 10.5.